The van der Waals surface area contributed by atoms with Gasteiger partial charge < -0.3 is 48.5 Å². The van der Waals surface area contributed by atoms with Gasteiger partial charge in [0.25, 0.3) is 0 Å². The summed E-state index contributed by atoms with van der Waals surface area (Å²) in [7, 11) is 1.58. The van der Waals surface area contributed by atoms with E-state index in [-0.39, 0.29) is 24.7 Å². The van der Waals surface area contributed by atoms with Crippen LogP contribution in [0.4, 0.5) is 0 Å². The van der Waals surface area contributed by atoms with E-state index in [0.29, 0.717) is 55.1 Å². The van der Waals surface area contributed by atoms with E-state index in [9.17, 15) is 20.1 Å². The lowest BCUT2D eigenvalue weighted by Crippen LogP contribution is -2.58. The highest BCUT2D eigenvalue weighted by molar-refractivity contribution is 5.78. The zero-order chi connectivity index (χ0) is 37.5. The molecule has 0 saturated carbocycles. The van der Waals surface area contributed by atoms with Crippen molar-refractivity contribution in [1.82, 2.24) is 0 Å². The zero-order valence-electron chi connectivity index (χ0n) is 32.2. The first-order valence-electron chi connectivity index (χ1n) is 19.5. The smallest absolute Gasteiger partial charge is 0.316 e. The fraction of sp³-hybridized carbons (Fsp3) is 0.780. The van der Waals surface area contributed by atoms with E-state index in [1.54, 1.807) is 26.2 Å². The number of aliphatic hydroxyl groups excluding tert-OH is 2. The lowest BCUT2D eigenvalue weighted by molar-refractivity contribution is -0.340. The molecule has 3 N–H and O–H groups in total. The number of methoxy groups -OCH3 is 1. The third-order valence-corrected chi connectivity index (χ3v) is 12.7. The molecule has 2 bridgehead atoms. The molecule has 9 unspecified atom stereocenters. The molecule has 5 heterocycles. The van der Waals surface area contributed by atoms with Gasteiger partial charge in [-0.3, -0.25) is 4.79 Å². The maximum absolute atomic E-state index is 14.2. The van der Waals surface area contributed by atoms with Gasteiger partial charge in [0.2, 0.25) is 0 Å². The monoisotopic (exact) mass is 730 g/mol. The van der Waals surface area contributed by atoms with Crippen molar-refractivity contribution < 1.29 is 53.3 Å². The lowest BCUT2D eigenvalue weighted by Gasteiger charge is -2.51. The van der Waals surface area contributed by atoms with Crippen molar-refractivity contribution in [2.24, 2.45) is 23.7 Å². The second-order valence-electron chi connectivity index (χ2n) is 16.5. The van der Waals surface area contributed by atoms with Gasteiger partial charge in [-0.15, -0.1) is 0 Å². The third kappa shape index (κ3) is 7.77. The largest absolute Gasteiger partial charge is 0.462 e. The average Bonchev–Trinajstić information content (AvgIpc) is 3.45. The Labute approximate surface area is 309 Å². The number of hydrogen-bond acceptors (Lipinski definition) is 11. The minimum absolute atomic E-state index is 0.0111. The Hall–Kier alpha value is -1.93. The quantitative estimate of drug-likeness (QED) is 0.258. The summed E-state index contributed by atoms with van der Waals surface area (Å²) in [6.07, 6.45) is 8.24. The topological polar surface area (TPSA) is 142 Å². The van der Waals surface area contributed by atoms with Crippen molar-refractivity contribution in [2.75, 3.05) is 13.7 Å². The van der Waals surface area contributed by atoms with Crippen LogP contribution in [0, 0.1) is 23.7 Å². The van der Waals surface area contributed by atoms with Crippen molar-refractivity contribution in [1.29, 1.82) is 0 Å². The number of aliphatic hydroxyl groups is 3. The van der Waals surface area contributed by atoms with Gasteiger partial charge in [0.1, 0.15) is 35.9 Å². The summed E-state index contributed by atoms with van der Waals surface area (Å²) < 4.78 is 44.6. The first-order chi connectivity index (χ1) is 24.7. The highest BCUT2D eigenvalue weighted by Crippen LogP contribution is 2.48. The van der Waals surface area contributed by atoms with Gasteiger partial charge in [-0.25, -0.2) is 0 Å². The first kappa shape index (κ1) is 39.8. The molecule has 6 rings (SSSR count). The summed E-state index contributed by atoms with van der Waals surface area (Å²) in [5, 5.41) is 34.1. The molecular weight excluding hydrogens is 668 g/mol. The second kappa shape index (κ2) is 16.0. The molecule has 4 fully saturated rings. The Morgan fingerprint density at radius 2 is 1.85 bits per heavy atom. The molecule has 0 aromatic heterocycles. The highest BCUT2D eigenvalue weighted by atomic mass is 16.7. The number of hydrogen-bond donors (Lipinski definition) is 3. The number of rotatable bonds is 5. The van der Waals surface area contributed by atoms with Gasteiger partial charge in [0.05, 0.1) is 37.1 Å². The predicted molar refractivity (Wildman–Crippen MR) is 193 cm³/mol. The van der Waals surface area contributed by atoms with Gasteiger partial charge in [0, 0.05) is 38.7 Å². The van der Waals surface area contributed by atoms with E-state index >= 15 is 0 Å². The van der Waals surface area contributed by atoms with Crippen molar-refractivity contribution in [3.8, 4) is 0 Å². The van der Waals surface area contributed by atoms with E-state index < -0.39 is 72.3 Å². The van der Waals surface area contributed by atoms with Crippen molar-refractivity contribution >= 4 is 5.97 Å². The molecule has 5 aliphatic heterocycles. The number of ether oxygens (including phenoxy) is 7. The first-order valence-corrected chi connectivity index (χ1v) is 19.5. The van der Waals surface area contributed by atoms with Crippen LogP contribution in [-0.4, -0.2) is 108 Å². The van der Waals surface area contributed by atoms with Crippen LogP contribution in [0.5, 0.6) is 0 Å². The molecule has 0 amide bonds. The van der Waals surface area contributed by atoms with Gasteiger partial charge in [-0.2, -0.15) is 0 Å². The molecule has 6 aliphatic rings. The summed E-state index contributed by atoms with van der Waals surface area (Å²) >= 11 is 0. The lowest BCUT2D eigenvalue weighted by atomic mass is 9.71. The van der Waals surface area contributed by atoms with Crippen LogP contribution in [0.1, 0.15) is 93.4 Å². The Kier molecular flexibility index (Phi) is 12.3. The van der Waals surface area contributed by atoms with E-state index in [0.717, 1.165) is 18.4 Å². The van der Waals surface area contributed by atoms with Gasteiger partial charge in [0.15, 0.2) is 12.1 Å². The number of carbonyl (C=O) groups is 1. The van der Waals surface area contributed by atoms with E-state index in [4.69, 9.17) is 33.2 Å². The predicted octanol–water partition coefficient (Wildman–Crippen LogP) is 5.07. The Bertz CT molecular complexity index is 1400. The molecule has 0 aromatic carbocycles. The number of allylic oxidation sites excluding steroid dienone is 2. The maximum Gasteiger partial charge on any atom is 0.316 e. The Balaban J connectivity index is 1.37. The highest BCUT2D eigenvalue weighted by Gasteiger charge is 2.60. The van der Waals surface area contributed by atoms with E-state index in [1.807, 2.05) is 26.0 Å². The normalized spacial score (nSPS) is 49.1. The standard InChI is InChI=1S/C41H62O11/c1-9-22(2)37-25(5)15-16-40(52-37)20-30-18-29(51-40)14-13-24(4)36(50-33-19-32(46-8)35(43)27(7)48-33)23(3)11-10-12-28-21-47-38-34(42)26(6)17-31(39(44)49-30)41(28,38)45/h10-13,17,22-23,25,27,29-38,42-43,45H,9,14-16,18-21H2,1-8H3/b11-10+,24-13+,28-12+/t22?,23-,25-,27?,29+,30?,31?,32?,33?,34?,35?,36-,37?,38+,40+,41+/m0/s1. The molecule has 1 aliphatic carbocycles. The van der Waals surface area contributed by atoms with Crippen LogP contribution in [0.15, 0.2) is 47.1 Å². The molecule has 1 spiro atoms. The molecule has 52 heavy (non-hydrogen) atoms. The van der Waals surface area contributed by atoms with Gasteiger partial charge >= 0.3 is 5.97 Å². The van der Waals surface area contributed by atoms with Crippen LogP contribution >= 0.6 is 0 Å². The summed E-state index contributed by atoms with van der Waals surface area (Å²) in [5.74, 6) is -1.98. The fourth-order valence-electron chi connectivity index (χ4n) is 9.27. The van der Waals surface area contributed by atoms with E-state index in [1.165, 1.54) is 0 Å². The minimum atomic E-state index is -1.80. The van der Waals surface area contributed by atoms with Crippen LogP contribution in [0.25, 0.3) is 0 Å². The molecular formula is C41H62O11. The fourth-order valence-corrected chi connectivity index (χ4v) is 9.27. The Morgan fingerprint density at radius 3 is 2.58 bits per heavy atom. The van der Waals surface area contributed by atoms with Crippen LogP contribution < -0.4 is 0 Å². The number of esters is 1. The molecule has 0 radical (unpaired) electrons. The summed E-state index contributed by atoms with van der Waals surface area (Å²) in [5.41, 5.74) is 0.238. The molecule has 11 nitrogen and oxygen atoms in total. The van der Waals surface area contributed by atoms with E-state index in [2.05, 4.69) is 33.8 Å². The Morgan fingerprint density at radius 1 is 1.08 bits per heavy atom. The number of fused-ring (bicyclic) bond motifs is 2. The maximum atomic E-state index is 14.2. The number of carbonyl (C=O) groups excluding carboxylic acids is 1. The van der Waals surface area contributed by atoms with Crippen LogP contribution in [0.2, 0.25) is 0 Å². The van der Waals surface area contributed by atoms with Crippen molar-refractivity contribution in [3.63, 3.8) is 0 Å². The second-order valence-corrected chi connectivity index (χ2v) is 16.5. The van der Waals surface area contributed by atoms with Gasteiger partial charge in [-0.1, -0.05) is 64.5 Å². The molecule has 292 valence electrons. The zero-order valence-corrected chi connectivity index (χ0v) is 32.2. The SMILES string of the molecule is CCC(C)C1O[C@]2(CC[C@@H]1C)CC1C[C@@H](C/C=C(\C)[C@@H](OC3CC(OC)C(O)C(C)O3)[C@@H](C)/C=C/C=C3\CO[C@@H]4C(O)C(C)=CC(C(=O)O1)[C@]34O)O2. The molecule has 11 heteroatoms. The van der Waals surface area contributed by atoms with Gasteiger partial charge in [-0.05, 0) is 62.2 Å². The molecule has 0 aromatic rings. The van der Waals surface area contributed by atoms with Crippen molar-refractivity contribution in [2.45, 2.75) is 166 Å². The average molecular weight is 731 g/mol. The molecule has 4 saturated heterocycles. The third-order valence-electron chi connectivity index (χ3n) is 12.7. The molecule has 16 atom stereocenters. The van der Waals surface area contributed by atoms with Crippen LogP contribution in [-0.2, 0) is 38.0 Å². The van der Waals surface area contributed by atoms with Crippen LogP contribution in [0.3, 0.4) is 0 Å². The summed E-state index contributed by atoms with van der Waals surface area (Å²) in [4.78, 5) is 14.2. The minimum Gasteiger partial charge on any atom is -0.462 e. The summed E-state index contributed by atoms with van der Waals surface area (Å²) in [6.45, 7) is 14.3. The summed E-state index contributed by atoms with van der Waals surface area (Å²) in [6, 6.07) is 0. The van der Waals surface area contributed by atoms with Crippen molar-refractivity contribution in [3.05, 3.63) is 47.1 Å².